The number of morpholine rings is 1. The Hall–Kier alpha value is -2.91. The number of hydrazone groups is 1. The van der Waals surface area contributed by atoms with Crippen molar-refractivity contribution in [2.45, 2.75) is 4.90 Å². The number of carbonyl (C=O) groups excluding carboxylic acids is 1. The molecule has 0 bridgehead atoms. The number of nitro benzene ring substituents is 1. The largest absolute Gasteiger partial charge is 0.378 e. The lowest BCUT2D eigenvalue weighted by atomic mass is 10.1. The smallest absolute Gasteiger partial charge is 0.270 e. The first-order valence-corrected chi connectivity index (χ1v) is 9.73. The highest BCUT2D eigenvalue weighted by Crippen LogP contribution is 2.25. The van der Waals surface area contributed by atoms with Crippen LogP contribution in [0.4, 0.5) is 11.4 Å². The summed E-state index contributed by atoms with van der Waals surface area (Å²) >= 11 is 1.41. The summed E-state index contributed by atoms with van der Waals surface area (Å²) in [6.45, 7) is 2.58. The fourth-order valence-electron chi connectivity index (χ4n) is 2.72. The van der Waals surface area contributed by atoms with E-state index in [1.54, 1.807) is 6.07 Å². The second-order valence-electron chi connectivity index (χ2n) is 5.99. The van der Waals surface area contributed by atoms with Crippen LogP contribution in [-0.2, 0) is 9.53 Å². The summed E-state index contributed by atoms with van der Waals surface area (Å²) in [4.78, 5) is 25.7. The van der Waals surface area contributed by atoms with Crippen molar-refractivity contribution in [2.75, 3.05) is 37.0 Å². The van der Waals surface area contributed by atoms with Crippen molar-refractivity contribution in [1.29, 1.82) is 0 Å². The Kier molecular flexibility index (Phi) is 6.99. The van der Waals surface area contributed by atoms with Crippen molar-refractivity contribution in [3.63, 3.8) is 0 Å². The predicted molar refractivity (Wildman–Crippen MR) is 109 cm³/mol. The fraction of sp³-hybridized carbons (Fsp3) is 0.263. The number of rotatable bonds is 7. The topological polar surface area (TPSA) is 97.1 Å². The minimum absolute atomic E-state index is 0.0237. The van der Waals surface area contributed by atoms with Crippen LogP contribution in [0.2, 0.25) is 0 Å². The average molecular weight is 400 g/mol. The number of carbonyl (C=O) groups is 1. The molecule has 1 saturated heterocycles. The average Bonchev–Trinajstić information content (AvgIpc) is 2.73. The van der Waals surface area contributed by atoms with Gasteiger partial charge in [0.05, 0.1) is 30.1 Å². The molecule has 0 radical (unpaired) electrons. The number of anilines is 1. The second-order valence-corrected chi connectivity index (χ2v) is 7.04. The quantitative estimate of drug-likeness (QED) is 0.332. The van der Waals surface area contributed by atoms with Crippen LogP contribution in [-0.4, -0.2) is 49.1 Å². The maximum absolute atomic E-state index is 12.0. The van der Waals surface area contributed by atoms with E-state index in [1.165, 1.54) is 30.1 Å². The second kappa shape index (κ2) is 9.86. The highest BCUT2D eigenvalue weighted by molar-refractivity contribution is 8.00. The van der Waals surface area contributed by atoms with Crippen LogP contribution in [0, 0.1) is 10.1 Å². The lowest BCUT2D eigenvalue weighted by Crippen LogP contribution is -2.36. The molecule has 0 aliphatic carbocycles. The van der Waals surface area contributed by atoms with Crippen LogP contribution >= 0.6 is 11.8 Å². The molecule has 0 atom stereocenters. The van der Waals surface area contributed by atoms with Gasteiger partial charge in [0.1, 0.15) is 0 Å². The Morgan fingerprint density at radius 1 is 1.25 bits per heavy atom. The minimum Gasteiger partial charge on any atom is -0.378 e. The van der Waals surface area contributed by atoms with Crippen LogP contribution in [0.25, 0.3) is 0 Å². The number of nitrogens with one attached hydrogen (secondary N) is 1. The van der Waals surface area contributed by atoms with Crippen LogP contribution in [0.15, 0.2) is 58.5 Å². The summed E-state index contributed by atoms with van der Waals surface area (Å²) in [5.74, 6) is -0.0180. The highest BCUT2D eigenvalue weighted by atomic mass is 32.2. The number of hydrogen-bond acceptors (Lipinski definition) is 7. The summed E-state index contributed by atoms with van der Waals surface area (Å²) in [6, 6.07) is 14.2. The molecule has 3 rings (SSSR count). The molecule has 2 aromatic rings. The van der Waals surface area contributed by atoms with Gasteiger partial charge in [0.15, 0.2) is 0 Å². The minimum atomic E-state index is -0.449. The molecule has 9 heteroatoms. The van der Waals surface area contributed by atoms with Crippen molar-refractivity contribution in [3.8, 4) is 0 Å². The van der Waals surface area contributed by atoms with Crippen LogP contribution in [0.3, 0.4) is 0 Å². The van der Waals surface area contributed by atoms with E-state index in [2.05, 4.69) is 15.4 Å². The number of nitro groups is 1. The normalized spacial score (nSPS) is 14.2. The molecule has 0 unspecified atom stereocenters. The Balaban J connectivity index is 1.66. The van der Waals surface area contributed by atoms with E-state index in [9.17, 15) is 14.9 Å². The number of thioether (sulfide) groups is 1. The molecule has 1 aliphatic rings. The predicted octanol–water partition coefficient (Wildman–Crippen LogP) is 2.67. The Bertz CT molecular complexity index is 854. The van der Waals surface area contributed by atoms with E-state index in [4.69, 9.17) is 4.74 Å². The standard InChI is InChI=1S/C19H20N4O4S/c24-19(14-28-17-4-2-1-3-5-17)21-20-13-15-12-16(23(25)26)6-7-18(15)22-8-10-27-11-9-22/h1-7,12-13H,8-11,14H2,(H,21,24)/b20-13+. The van der Waals surface area contributed by atoms with Gasteiger partial charge in [-0.15, -0.1) is 11.8 Å². The van der Waals surface area contributed by atoms with Gasteiger partial charge in [0.25, 0.3) is 5.69 Å². The van der Waals surface area contributed by atoms with Gasteiger partial charge in [-0.25, -0.2) is 5.43 Å². The number of non-ortho nitro benzene ring substituents is 1. The van der Waals surface area contributed by atoms with E-state index >= 15 is 0 Å². The first-order chi connectivity index (χ1) is 13.6. The summed E-state index contributed by atoms with van der Waals surface area (Å²) in [5.41, 5.74) is 3.85. The zero-order valence-electron chi connectivity index (χ0n) is 15.1. The Morgan fingerprint density at radius 2 is 2.00 bits per heavy atom. The molecule has 146 valence electrons. The first kappa shape index (κ1) is 19.8. The molecule has 1 aliphatic heterocycles. The molecular formula is C19H20N4O4S. The zero-order valence-corrected chi connectivity index (χ0v) is 15.9. The molecule has 1 amide bonds. The molecule has 8 nitrogen and oxygen atoms in total. The molecule has 1 N–H and O–H groups in total. The molecule has 0 aromatic heterocycles. The molecule has 0 spiro atoms. The number of benzene rings is 2. The van der Waals surface area contributed by atoms with Crippen LogP contribution in [0.5, 0.6) is 0 Å². The van der Waals surface area contributed by atoms with Crippen molar-refractivity contribution in [3.05, 3.63) is 64.2 Å². The van der Waals surface area contributed by atoms with Crippen molar-refractivity contribution < 1.29 is 14.5 Å². The fourth-order valence-corrected chi connectivity index (χ4v) is 3.43. The molecule has 0 saturated carbocycles. The number of ether oxygens (including phenoxy) is 1. The molecule has 1 heterocycles. The first-order valence-electron chi connectivity index (χ1n) is 8.74. The van der Waals surface area contributed by atoms with Gasteiger partial charge in [0.2, 0.25) is 5.91 Å². The lowest BCUT2D eigenvalue weighted by molar-refractivity contribution is -0.384. The Labute approximate surface area is 166 Å². The van der Waals surface area contributed by atoms with E-state index in [-0.39, 0.29) is 17.3 Å². The third-order valence-electron chi connectivity index (χ3n) is 4.08. The SMILES string of the molecule is O=C(CSc1ccccc1)N/N=C/c1cc([N+](=O)[O-])ccc1N1CCOCC1. The molecular weight excluding hydrogens is 380 g/mol. The zero-order chi connectivity index (χ0) is 19.8. The maximum atomic E-state index is 12.0. The monoisotopic (exact) mass is 400 g/mol. The lowest BCUT2D eigenvalue weighted by Gasteiger charge is -2.29. The number of hydrogen-bond donors (Lipinski definition) is 1. The molecule has 1 fully saturated rings. The van der Waals surface area contributed by atoms with Crippen LogP contribution < -0.4 is 10.3 Å². The third kappa shape index (κ3) is 5.54. The van der Waals surface area contributed by atoms with Crippen molar-refractivity contribution in [2.24, 2.45) is 5.10 Å². The van der Waals surface area contributed by atoms with Gasteiger partial charge in [0, 0.05) is 41.4 Å². The van der Waals surface area contributed by atoms with E-state index in [0.29, 0.717) is 31.9 Å². The molecule has 2 aromatic carbocycles. The maximum Gasteiger partial charge on any atom is 0.270 e. The molecule has 28 heavy (non-hydrogen) atoms. The van der Waals surface area contributed by atoms with Gasteiger partial charge in [-0.1, -0.05) is 18.2 Å². The summed E-state index contributed by atoms with van der Waals surface area (Å²) < 4.78 is 5.36. The Morgan fingerprint density at radius 3 is 2.71 bits per heavy atom. The van der Waals surface area contributed by atoms with Gasteiger partial charge >= 0.3 is 0 Å². The van der Waals surface area contributed by atoms with Gasteiger partial charge < -0.3 is 9.64 Å². The summed E-state index contributed by atoms with van der Waals surface area (Å²) in [6.07, 6.45) is 1.45. The van der Waals surface area contributed by atoms with E-state index in [1.807, 2.05) is 30.3 Å². The van der Waals surface area contributed by atoms with Crippen molar-refractivity contribution >= 4 is 35.3 Å². The van der Waals surface area contributed by atoms with E-state index < -0.39 is 4.92 Å². The van der Waals surface area contributed by atoms with Crippen molar-refractivity contribution in [1.82, 2.24) is 5.43 Å². The van der Waals surface area contributed by atoms with Crippen LogP contribution in [0.1, 0.15) is 5.56 Å². The van der Waals surface area contributed by atoms with Gasteiger partial charge in [-0.3, -0.25) is 14.9 Å². The van der Waals surface area contributed by atoms with E-state index in [0.717, 1.165) is 10.6 Å². The highest BCUT2D eigenvalue weighted by Gasteiger charge is 2.17. The summed E-state index contributed by atoms with van der Waals surface area (Å²) in [7, 11) is 0. The van der Waals surface area contributed by atoms with Gasteiger partial charge in [-0.2, -0.15) is 5.10 Å². The number of amides is 1. The number of nitrogens with zero attached hydrogens (tertiary/aromatic N) is 3. The van der Waals surface area contributed by atoms with Gasteiger partial charge in [-0.05, 0) is 18.2 Å². The third-order valence-corrected chi connectivity index (χ3v) is 5.09. The summed E-state index contributed by atoms with van der Waals surface area (Å²) in [5, 5.41) is 15.1.